The zero-order chi connectivity index (χ0) is 22.0. The molecule has 2 aliphatic rings. The highest BCUT2D eigenvalue weighted by Gasteiger charge is 2.35. The minimum atomic E-state index is -4.51. The molecule has 0 saturated carbocycles. The summed E-state index contributed by atoms with van der Waals surface area (Å²) >= 11 is 0. The molecule has 4 heterocycles. The molecule has 166 valence electrons. The molecule has 0 radical (unpaired) electrons. The van der Waals surface area contributed by atoms with E-state index in [9.17, 15) is 18.0 Å². The molecule has 0 aromatic carbocycles. The number of nitrogens with zero attached hydrogens (tertiary/aromatic N) is 4. The van der Waals surface area contributed by atoms with Crippen LogP contribution in [0.1, 0.15) is 18.5 Å². The van der Waals surface area contributed by atoms with Crippen molar-refractivity contribution < 1.29 is 27.4 Å². The maximum absolute atomic E-state index is 12.7. The maximum Gasteiger partial charge on any atom is 0.433 e. The molecule has 0 spiro atoms. The Morgan fingerprint density at radius 2 is 2.16 bits per heavy atom. The summed E-state index contributed by atoms with van der Waals surface area (Å²) in [5.74, 6) is 1.06. The molecule has 2 aromatic rings. The maximum atomic E-state index is 12.7. The molecule has 1 atom stereocenters. The first-order valence-electron chi connectivity index (χ1n) is 9.73. The summed E-state index contributed by atoms with van der Waals surface area (Å²) in [6.07, 6.45) is -2.36. The standard InChI is InChI=1S/C20H21F3N4O4/c1-13(3-2-6-30-15-4-5-24-16(7-15)20(21,22)23)10-31-17-8-18-26(19(28)25-17)9-14-11-29-12-27(14)18/h4-5,7-8,14H,1-3,6,9-12H2/t14-/m0/s1. The van der Waals surface area contributed by atoms with Gasteiger partial charge in [0.05, 0.1) is 25.8 Å². The summed E-state index contributed by atoms with van der Waals surface area (Å²) in [7, 11) is 0. The first-order chi connectivity index (χ1) is 14.8. The number of fused-ring (bicyclic) bond motifs is 3. The van der Waals surface area contributed by atoms with E-state index < -0.39 is 11.9 Å². The average molecular weight is 438 g/mol. The summed E-state index contributed by atoms with van der Waals surface area (Å²) in [6, 6.07) is 4.11. The second kappa shape index (κ2) is 8.58. The lowest BCUT2D eigenvalue weighted by Gasteiger charge is -2.15. The van der Waals surface area contributed by atoms with E-state index >= 15 is 0 Å². The van der Waals surface area contributed by atoms with Crippen molar-refractivity contribution in [2.24, 2.45) is 0 Å². The van der Waals surface area contributed by atoms with E-state index in [1.807, 2.05) is 4.90 Å². The Labute approximate surface area is 175 Å². The molecule has 31 heavy (non-hydrogen) atoms. The molecule has 0 amide bonds. The van der Waals surface area contributed by atoms with Crippen LogP contribution in [-0.4, -0.2) is 47.1 Å². The minimum Gasteiger partial charge on any atom is -0.493 e. The zero-order valence-electron chi connectivity index (χ0n) is 16.6. The first-order valence-corrected chi connectivity index (χ1v) is 9.73. The molecular weight excluding hydrogens is 417 g/mol. The van der Waals surface area contributed by atoms with Crippen LogP contribution in [0.3, 0.4) is 0 Å². The number of hydrogen-bond acceptors (Lipinski definition) is 7. The van der Waals surface area contributed by atoms with Gasteiger partial charge in [0.25, 0.3) is 0 Å². The lowest BCUT2D eigenvalue weighted by atomic mass is 10.2. The smallest absolute Gasteiger partial charge is 0.433 e. The molecule has 4 rings (SSSR count). The van der Waals surface area contributed by atoms with Crippen LogP contribution in [0.2, 0.25) is 0 Å². The molecule has 0 bridgehead atoms. The predicted molar refractivity (Wildman–Crippen MR) is 104 cm³/mol. The van der Waals surface area contributed by atoms with E-state index in [2.05, 4.69) is 16.5 Å². The molecule has 8 nitrogen and oxygen atoms in total. The molecular formula is C20H21F3N4O4. The topological polar surface area (TPSA) is 78.7 Å². The molecule has 0 N–H and O–H groups in total. The lowest BCUT2D eigenvalue weighted by Crippen LogP contribution is -2.26. The van der Waals surface area contributed by atoms with Gasteiger partial charge in [0, 0.05) is 18.3 Å². The Kier molecular flexibility index (Phi) is 5.86. The van der Waals surface area contributed by atoms with Gasteiger partial charge in [0.1, 0.15) is 30.6 Å². The SMILES string of the molecule is C=C(CCCOc1ccnc(C(F)(F)F)c1)COc1cc2n(c(=O)n1)C[C@H]1COCN21. The van der Waals surface area contributed by atoms with Gasteiger partial charge in [-0.3, -0.25) is 9.55 Å². The van der Waals surface area contributed by atoms with Gasteiger partial charge >= 0.3 is 11.9 Å². The third-order valence-electron chi connectivity index (χ3n) is 5.02. The Hall–Kier alpha value is -3.08. The number of aromatic nitrogens is 3. The van der Waals surface area contributed by atoms with Crippen LogP contribution < -0.4 is 20.1 Å². The number of halogens is 3. The third-order valence-corrected chi connectivity index (χ3v) is 5.02. The highest BCUT2D eigenvalue weighted by Crippen LogP contribution is 2.30. The predicted octanol–water partition coefficient (Wildman–Crippen LogP) is 2.63. The van der Waals surface area contributed by atoms with Crippen LogP contribution >= 0.6 is 0 Å². The van der Waals surface area contributed by atoms with Crippen LogP contribution in [0.5, 0.6) is 11.6 Å². The highest BCUT2D eigenvalue weighted by atomic mass is 19.4. The van der Waals surface area contributed by atoms with Gasteiger partial charge in [0.15, 0.2) is 0 Å². The largest absolute Gasteiger partial charge is 0.493 e. The van der Waals surface area contributed by atoms with Gasteiger partial charge in [-0.2, -0.15) is 18.2 Å². The van der Waals surface area contributed by atoms with E-state index in [1.54, 1.807) is 10.6 Å². The van der Waals surface area contributed by atoms with E-state index in [1.165, 1.54) is 6.07 Å². The van der Waals surface area contributed by atoms with Crippen molar-refractivity contribution in [2.45, 2.75) is 31.6 Å². The normalized spacial score (nSPS) is 17.4. The Morgan fingerprint density at radius 1 is 1.32 bits per heavy atom. The quantitative estimate of drug-likeness (QED) is 0.463. The summed E-state index contributed by atoms with van der Waals surface area (Å²) in [5, 5.41) is 0. The molecule has 2 aromatic heterocycles. The van der Waals surface area contributed by atoms with Crippen molar-refractivity contribution >= 4 is 5.82 Å². The molecule has 1 saturated heterocycles. The van der Waals surface area contributed by atoms with E-state index in [0.717, 1.165) is 23.7 Å². The fraction of sp³-hybridized carbons (Fsp3) is 0.450. The van der Waals surface area contributed by atoms with Crippen molar-refractivity contribution in [3.05, 3.63) is 52.7 Å². The number of hydrogen-bond donors (Lipinski definition) is 0. The van der Waals surface area contributed by atoms with E-state index in [0.29, 0.717) is 32.7 Å². The van der Waals surface area contributed by atoms with Gasteiger partial charge in [-0.15, -0.1) is 0 Å². The molecule has 1 fully saturated rings. The van der Waals surface area contributed by atoms with Crippen LogP contribution in [0.4, 0.5) is 19.0 Å². The van der Waals surface area contributed by atoms with Gasteiger partial charge in [0.2, 0.25) is 5.88 Å². The summed E-state index contributed by atoms with van der Waals surface area (Å²) in [5.41, 5.74) is -0.608. The number of anilines is 1. The molecule has 11 heteroatoms. The summed E-state index contributed by atoms with van der Waals surface area (Å²) < 4.78 is 56.0. The lowest BCUT2D eigenvalue weighted by molar-refractivity contribution is -0.141. The van der Waals surface area contributed by atoms with Gasteiger partial charge in [-0.05, 0) is 24.5 Å². The molecule has 0 unspecified atom stereocenters. The highest BCUT2D eigenvalue weighted by molar-refractivity contribution is 5.47. The second-order valence-corrected chi connectivity index (χ2v) is 7.33. The summed E-state index contributed by atoms with van der Waals surface area (Å²) in [4.78, 5) is 21.5. The van der Waals surface area contributed by atoms with Gasteiger partial charge in [-0.25, -0.2) is 4.79 Å². The number of ether oxygens (including phenoxy) is 3. The first kappa shape index (κ1) is 21.2. The van der Waals surface area contributed by atoms with E-state index in [-0.39, 0.29) is 36.6 Å². The monoisotopic (exact) mass is 438 g/mol. The number of rotatable bonds is 8. The Morgan fingerprint density at radius 3 is 2.97 bits per heavy atom. The molecule has 0 aliphatic carbocycles. The van der Waals surface area contributed by atoms with E-state index in [4.69, 9.17) is 14.2 Å². The fourth-order valence-corrected chi connectivity index (χ4v) is 3.47. The Balaban J connectivity index is 1.23. The van der Waals surface area contributed by atoms with Crippen LogP contribution in [0, 0.1) is 0 Å². The number of alkyl halides is 3. The third kappa shape index (κ3) is 4.82. The average Bonchev–Trinajstić information content (AvgIpc) is 3.32. The van der Waals surface area contributed by atoms with Crippen molar-refractivity contribution in [2.75, 3.05) is 31.5 Å². The van der Waals surface area contributed by atoms with Crippen molar-refractivity contribution in [3.8, 4) is 11.6 Å². The van der Waals surface area contributed by atoms with Crippen molar-refractivity contribution in [1.29, 1.82) is 0 Å². The van der Waals surface area contributed by atoms with Crippen molar-refractivity contribution in [3.63, 3.8) is 0 Å². The second-order valence-electron chi connectivity index (χ2n) is 7.33. The minimum absolute atomic E-state index is 0.108. The number of pyridine rings is 1. The molecule has 2 aliphatic heterocycles. The van der Waals surface area contributed by atoms with Crippen LogP contribution in [0.25, 0.3) is 0 Å². The van der Waals surface area contributed by atoms with Crippen molar-refractivity contribution in [1.82, 2.24) is 14.5 Å². The fourth-order valence-electron chi connectivity index (χ4n) is 3.47. The Bertz CT molecular complexity index is 1020. The summed E-state index contributed by atoms with van der Waals surface area (Å²) in [6.45, 7) is 5.88. The zero-order valence-corrected chi connectivity index (χ0v) is 16.6. The van der Waals surface area contributed by atoms with Crippen LogP contribution in [0.15, 0.2) is 41.3 Å². The van der Waals surface area contributed by atoms with Gasteiger partial charge < -0.3 is 19.1 Å². The van der Waals surface area contributed by atoms with Gasteiger partial charge in [-0.1, -0.05) is 6.58 Å². The van der Waals surface area contributed by atoms with Crippen LogP contribution in [-0.2, 0) is 17.5 Å².